The van der Waals surface area contributed by atoms with Gasteiger partial charge in [-0.15, -0.1) is 10.2 Å². The highest BCUT2D eigenvalue weighted by molar-refractivity contribution is 5.81. The fourth-order valence-electron chi connectivity index (χ4n) is 1.50. The summed E-state index contributed by atoms with van der Waals surface area (Å²) in [6.07, 6.45) is 4.59. The Labute approximate surface area is 115 Å². The first-order chi connectivity index (χ1) is 9.69. The molecule has 0 amide bonds. The van der Waals surface area contributed by atoms with Crippen molar-refractivity contribution in [3.05, 3.63) is 36.4 Å². The van der Waals surface area contributed by atoms with Crippen LogP contribution in [0.4, 0.5) is 0 Å². The van der Waals surface area contributed by atoms with Crippen LogP contribution in [0.2, 0.25) is 0 Å². The van der Waals surface area contributed by atoms with Gasteiger partial charge in [0, 0.05) is 6.92 Å². The summed E-state index contributed by atoms with van der Waals surface area (Å²) in [4.78, 5) is 11.0. The van der Waals surface area contributed by atoms with Crippen LogP contribution in [-0.4, -0.2) is 33.7 Å². The first kappa shape index (κ1) is 13.7. The number of carbonyl (C=O) groups excluding carboxylic acids is 1. The molecule has 20 heavy (non-hydrogen) atoms. The molecule has 2 aromatic rings. The lowest BCUT2D eigenvalue weighted by Gasteiger charge is -2.09. The number of nitrogens with zero attached hydrogens (tertiary/aromatic N) is 4. The normalized spacial score (nSPS) is 10.7. The molecule has 2 rings (SSSR count). The molecule has 0 radical (unpaired) electrons. The third kappa shape index (κ3) is 3.64. The molecule has 0 fully saturated rings. The number of hydrogen-bond acceptors (Lipinski definition) is 6. The van der Waals surface area contributed by atoms with E-state index in [2.05, 4.69) is 15.3 Å². The van der Waals surface area contributed by atoms with Crippen LogP contribution in [0.1, 0.15) is 19.4 Å². The van der Waals surface area contributed by atoms with Crippen molar-refractivity contribution >= 4 is 12.2 Å². The second-order valence-corrected chi connectivity index (χ2v) is 3.82. The van der Waals surface area contributed by atoms with E-state index in [1.165, 1.54) is 24.3 Å². The van der Waals surface area contributed by atoms with Crippen LogP contribution in [0.15, 0.2) is 36.0 Å². The van der Waals surface area contributed by atoms with Crippen molar-refractivity contribution in [3.8, 4) is 11.5 Å². The molecule has 0 saturated carbocycles. The molecule has 1 aromatic heterocycles. The van der Waals surface area contributed by atoms with Crippen LogP contribution in [0.3, 0.4) is 0 Å². The Bertz CT molecular complexity index is 608. The van der Waals surface area contributed by atoms with Gasteiger partial charge in [0.15, 0.2) is 11.5 Å². The van der Waals surface area contributed by atoms with Gasteiger partial charge in [-0.1, -0.05) is 0 Å². The van der Waals surface area contributed by atoms with Gasteiger partial charge >= 0.3 is 5.97 Å². The summed E-state index contributed by atoms with van der Waals surface area (Å²) in [6.45, 7) is 3.67. The van der Waals surface area contributed by atoms with Gasteiger partial charge in [-0.3, -0.25) is 4.79 Å². The van der Waals surface area contributed by atoms with Crippen molar-refractivity contribution in [3.63, 3.8) is 0 Å². The number of carbonyl (C=O) groups is 1. The van der Waals surface area contributed by atoms with E-state index in [1.807, 2.05) is 6.92 Å². The number of hydrogen-bond donors (Lipinski definition) is 0. The fourth-order valence-corrected chi connectivity index (χ4v) is 1.50. The van der Waals surface area contributed by atoms with Gasteiger partial charge in [-0.25, -0.2) is 4.68 Å². The van der Waals surface area contributed by atoms with Crippen LogP contribution in [0, 0.1) is 0 Å². The van der Waals surface area contributed by atoms with Gasteiger partial charge in [-0.2, -0.15) is 5.10 Å². The van der Waals surface area contributed by atoms with Crippen molar-refractivity contribution in [2.24, 2.45) is 5.10 Å². The minimum absolute atomic E-state index is 0.390. The molecule has 7 nitrogen and oxygen atoms in total. The van der Waals surface area contributed by atoms with Gasteiger partial charge in [0.05, 0.1) is 12.8 Å². The average Bonchev–Trinajstić information content (AvgIpc) is 2.92. The molecular weight excluding hydrogens is 260 g/mol. The lowest BCUT2D eigenvalue weighted by molar-refractivity contribution is -0.132. The van der Waals surface area contributed by atoms with E-state index in [4.69, 9.17) is 9.47 Å². The molecule has 0 bridgehead atoms. The summed E-state index contributed by atoms with van der Waals surface area (Å²) in [7, 11) is 0. The third-order valence-electron chi connectivity index (χ3n) is 2.27. The zero-order chi connectivity index (χ0) is 14.4. The van der Waals surface area contributed by atoms with E-state index in [9.17, 15) is 4.79 Å². The molecule has 1 aromatic carbocycles. The fraction of sp³-hybridized carbons (Fsp3) is 0.231. The van der Waals surface area contributed by atoms with E-state index >= 15 is 0 Å². The van der Waals surface area contributed by atoms with Gasteiger partial charge in [0.2, 0.25) is 0 Å². The van der Waals surface area contributed by atoms with Gasteiger partial charge < -0.3 is 9.47 Å². The van der Waals surface area contributed by atoms with Crippen molar-refractivity contribution in [2.75, 3.05) is 6.61 Å². The summed E-state index contributed by atoms with van der Waals surface area (Å²) >= 11 is 0. The van der Waals surface area contributed by atoms with Crippen LogP contribution < -0.4 is 9.47 Å². The second-order valence-electron chi connectivity index (χ2n) is 3.82. The average molecular weight is 274 g/mol. The number of esters is 1. The Morgan fingerprint density at radius 2 is 2.10 bits per heavy atom. The lowest BCUT2D eigenvalue weighted by Crippen LogP contribution is -2.04. The molecular formula is C13H14N4O3. The van der Waals surface area contributed by atoms with Crippen LogP contribution in [0.5, 0.6) is 11.5 Å². The summed E-state index contributed by atoms with van der Waals surface area (Å²) in [6, 6.07) is 5.18. The predicted octanol–water partition coefficient (Wildman–Crippen LogP) is 1.48. The minimum atomic E-state index is -0.392. The van der Waals surface area contributed by atoms with Crippen LogP contribution in [-0.2, 0) is 4.79 Å². The van der Waals surface area contributed by atoms with Crippen molar-refractivity contribution < 1.29 is 14.3 Å². The van der Waals surface area contributed by atoms with Crippen LogP contribution >= 0.6 is 0 Å². The highest BCUT2D eigenvalue weighted by Crippen LogP contribution is 2.28. The molecule has 1 heterocycles. The third-order valence-corrected chi connectivity index (χ3v) is 2.27. The smallest absolute Gasteiger partial charge is 0.308 e. The first-order valence-corrected chi connectivity index (χ1v) is 6.03. The monoisotopic (exact) mass is 274 g/mol. The Hall–Kier alpha value is -2.70. The highest BCUT2D eigenvalue weighted by Gasteiger charge is 2.08. The Morgan fingerprint density at radius 3 is 2.75 bits per heavy atom. The van der Waals surface area contributed by atoms with E-state index in [0.717, 1.165) is 5.56 Å². The van der Waals surface area contributed by atoms with E-state index < -0.39 is 5.97 Å². The Kier molecular flexibility index (Phi) is 4.43. The Balaban J connectivity index is 2.22. The zero-order valence-electron chi connectivity index (χ0n) is 11.2. The largest absolute Gasteiger partial charge is 0.490 e. The summed E-state index contributed by atoms with van der Waals surface area (Å²) < 4.78 is 12.0. The molecule has 0 atom stereocenters. The topological polar surface area (TPSA) is 78.6 Å². The number of aromatic nitrogens is 3. The molecule has 0 aliphatic heterocycles. The number of benzene rings is 1. The molecule has 0 aliphatic carbocycles. The van der Waals surface area contributed by atoms with Gasteiger partial charge in [-0.05, 0) is 30.7 Å². The maximum absolute atomic E-state index is 11.0. The van der Waals surface area contributed by atoms with E-state index in [0.29, 0.717) is 18.1 Å². The molecule has 0 saturated heterocycles. The number of ether oxygens (including phenoxy) is 2. The molecule has 0 N–H and O–H groups in total. The first-order valence-electron chi connectivity index (χ1n) is 6.03. The van der Waals surface area contributed by atoms with Gasteiger partial charge in [0.1, 0.15) is 12.7 Å². The summed E-state index contributed by atoms with van der Waals surface area (Å²) in [5.41, 5.74) is 0.804. The molecule has 7 heteroatoms. The maximum Gasteiger partial charge on any atom is 0.308 e. The lowest BCUT2D eigenvalue weighted by atomic mass is 10.2. The van der Waals surface area contributed by atoms with Crippen LogP contribution in [0.25, 0.3) is 0 Å². The number of rotatable bonds is 5. The van der Waals surface area contributed by atoms with E-state index in [-0.39, 0.29) is 0 Å². The van der Waals surface area contributed by atoms with Gasteiger partial charge in [0.25, 0.3) is 0 Å². The maximum atomic E-state index is 11.0. The van der Waals surface area contributed by atoms with Crippen molar-refractivity contribution in [1.29, 1.82) is 0 Å². The summed E-state index contributed by atoms with van der Waals surface area (Å²) in [5.74, 6) is 0.494. The minimum Gasteiger partial charge on any atom is -0.490 e. The van der Waals surface area contributed by atoms with Crippen molar-refractivity contribution in [1.82, 2.24) is 14.9 Å². The second kappa shape index (κ2) is 6.46. The Morgan fingerprint density at radius 1 is 1.35 bits per heavy atom. The highest BCUT2D eigenvalue weighted by atomic mass is 16.6. The van der Waals surface area contributed by atoms with E-state index in [1.54, 1.807) is 24.4 Å². The molecule has 0 spiro atoms. The molecule has 104 valence electrons. The predicted molar refractivity (Wildman–Crippen MR) is 71.9 cm³/mol. The quantitative estimate of drug-likeness (QED) is 0.469. The molecule has 0 aliphatic rings. The molecule has 0 unspecified atom stereocenters. The van der Waals surface area contributed by atoms with Crippen molar-refractivity contribution in [2.45, 2.75) is 13.8 Å². The standard InChI is InChI=1S/C13H14N4O3/c1-3-19-13-6-11(4-5-12(13)20-10(2)18)7-16-17-8-14-15-9-17/h4-9H,3H2,1-2H3/b16-7-. The zero-order valence-corrected chi connectivity index (χ0v) is 11.2. The SMILES string of the molecule is CCOc1cc(/C=N\n2cnnc2)ccc1OC(C)=O. The summed E-state index contributed by atoms with van der Waals surface area (Å²) in [5, 5.41) is 11.4.